The molecule has 0 bridgehead atoms. The number of rotatable bonds is 2. The van der Waals surface area contributed by atoms with Crippen LogP contribution in [0.15, 0.2) is 12.1 Å². The Morgan fingerprint density at radius 2 is 1.35 bits per heavy atom. The maximum absolute atomic E-state index is 9.10. The lowest BCUT2D eigenvalue weighted by Gasteiger charge is -2.32. The van der Waals surface area contributed by atoms with Crippen LogP contribution in [0.4, 0.5) is 0 Å². The van der Waals surface area contributed by atoms with Gasteiger partial charge in [-0.25, -0.2) is 0 Å². The van der Waals surface area contributed by atoms with Gasteiger partial charge in [0, 0.05) is 4.78 Å². The van der Waals surface area contributed by atoms with Gasteiger partial charge >= 0.3 is 7.12 Å². The number of hydrogen-bond donors (Lipinski definition) is 2. The molecular formula is C16H28B2O4S. The minimum absolute atomic E-state index is 0.280. The maximum Gasteiger partial charge on any atom is 0.505 e. The van der Waals surface area contributed by atoms with Gasteiger partial charge in [-0.05, 0) is 60.2 Å². The molecule has 2 radical (unpaired) electrons. The molecule has 0 unspecified atom stereocenters. The van der Waals surface area contributed by atoms with Crippen LogP contribution >= 0.6 is 11.3 Å². The molecule has 4 nitrogen and oxygen atoms in total. The van der Waals surface area contributed by atoms with Gasteiger partial charge in [-0.1, -0.05) is 12.1 Å². The van der Waals surface area contributed by atoms with Crippen LogP contribution in [0, 0.1) is 0 Å². The molecule has 1 fully saturated rings. The zero-order valence-corrected chi connectivity index (χ0v) is 16.2. The van der Waals surface area contributed by atoms with E-state index in [2.05, 4.69) is 0 Å². The van der Waals surface area contributed by atoms with Crippen LogP contribution in [0.3, 0.4) is 0 Å². The van der Waals surface area contributed by atoms with Crippen LogP contribution < -0.4 is 9.55 Å². The number of hydrogen-bond acceptors (Lipinski definition) is 5. The lowest BCUT2D eigenvalue weighted by molar-refractivity contribution is -0.107. The van der Waals surface area contributed by atoms with Crippen LogP contribution in [-0.2, 0) is 9.31 Å². The second-order valence-corrected chi connectivity index (χ2v) is 9.09. The molecule has 0 saturated carbocycles. The van der Waals surface area contributed by atoms with Gasteiger partial charge in [0.15, 0.2) is 0 Å². The van der Waals surface area contributed by atoms with Crippen LogP contribution in [-0.4, -0.2) is 47.6 Å². The summed E-state index contributed by atoms with van der Waals surface area (Å²) in [5.74, 6) is 0. The first-order valence-corrected chi connectivity index (χ1v) is 8.54. The molecule has 2 heterocycles. The topological polar surface area (TPSA) is 58.9 Å². The lowest BCUT2D eigenvalue weighted by Crippen LogP contribution is -2.44. The average molecular weight is 338 g/mol. The summed E-state index contributed by atoms with van der Waals surface area (Å²) in [5.41, 5.74) is -2.58. The van der Waals surface area contributed by atoms with Gasteiger partial charge < -0.3 is 19.5 Å². The Bertz CT molecular complexity index is 499. The molecule has 2 rings (SSSR count). The predicted molar refractivity (Wildman–Crippen MR) is 98.0 cm³/mol. The Balaban J connectivity index is 0.000000284. The zero-order chi connectivity index (χ0) is 18.3. The van der Waals surface area contributed by atoms with E-state index in [4.69, 9.17) is 27.4 Å². The van der Waals surface area contributed by atoms with E-state index in [-0.39, 0.29) is 18.3 Å². The van der Waals surface area contributed by atoms with Crippen molar-refractivity contribution < 1.29 is 19.5 Å². The van der Waals surface area contributed by atoms with Gasteiger partial charge in [-0.15, -0.1) is 0 Å². The summed E-state index contributed by atoms with van der Waals surface area (Å²) in [4.78, 5) is 0. The van der Waals surface area contributed by atoms with E-state index in [0.717, 1.165) is 9.55 Å². The van der Waals surface area contributed by atoms with E-state index in [0.29, 0.717) is 0 Å². The van der Waals surface area contributed by atoms with Crippen molar-refractivity contribution >= 4 is 35.9 Å². The molecule has 0 amide bonds. The summed E-state index contributed by atoms with van der Waals surface area (Å²) >= 11 is 1.51. The van der Waals surface area contributed by atoms with Crippen molar-refractivity contribution in [2.24, 2.45) is 0 Å². The van der Waals surface area contributed by atoms with Gasteiger partial charge in [-0.2, -0.15) is 11.3 Å². The fourth-order valence-electron chi connectivity index (χ4n) is 1.45. The fourth-order valence-corrected chi connectivity index (χ4v) is 2.19. The summed E-state index contributed by atoms with van der Waals surface area (Å²) in [6.07, 6.45) is 0. The van der Waals surface area contributed by atoms with Crippen molar-refractivity contribution in [1.82, 2.24) is 0 Å². The third-order valence-corrected chi connectivity index (χ3v) is 5.57. The van der Waals surface area contributed by atoms with Crippen LogP contribution in [0.5, 0.6) is 0 Å². The van der Waals surface area contributed by atoms with Gasteiger partial charge in [-0.3, -0.25) is 0 Å². The second-order valence-electron chi connectivity index (χ2n) is 7.95. The van der Waals surface area contributed by atoms with Crippen molar-refractivity contribution in [3.63, 3.8) is 0 Å². The Morgan fingerprint density at radius 1 is 0.957 bits per heavy atom. The van der Waals surface area contributed by atoms with E-state index in [1.165, 1.54) is 11.3 Å². The predicted octanol–water partition coefficient (Wildman–Crippen LogP) is 1.37. The lowest BCUT2D eigenvalue weighted by atomic mass is 9.88. The molecule has 0 aromatic carbocycles. The molecule has 7 heteroatoms. The van der Waals surface area contributed by atoms with E-state index in [1.807, 2.05) is 39.8 Å². The largest absolute Gasteiger partial charge is 0.505 e. The summed E-state index contributed by atoms with van der Waals surface area (Å²) in [5, 5.41) is 18.2. The molecule has 128 valence electrons. The molecule has 1 aromatic heterocycles. The first-order chi connectivity index (χ1) is 10.1. The molecule has 0 atom stereocenters. The van der Waals surface area contributed by atoms with Crippen LogP contribution in [0.2, 0.25) is 0 Å². The van der Waals surface area contributed by atoms with Crippen molar-refractivity contribution in [3.05, 3.63) is 12.1 Å². The van der Waals surface area contributed by atoms with Gasteiger partial charge in [0.2, 0.25) is 0 Å². The summed E-state index contributed by atoms with van der Waals surface area (Å²) in [6.45, 7) is 14.5. The quantitative estimate of drug-likeness (QED) is 0.800. The van der Waals surface area contributed by atoms with Gasteiger partial charge in [0.25, 0.3) is 0 Å². The standard InChI is InChI=1S/C10H14B2O2S.C6H14O2/c1-9(2)10(3,4)14-12(13-9)8-6-5-7(11)15-8;1-5(2,7)6(3,4)8/h5-6H,1-4H3;7-8H,1-4H3. The Morgan fingerprint density at radius 3 is 1.61 bits per heavy atom. The normalized spacial score (nSPS) is 20.2. The minimum Gasteiger partial charge on any atom is -0.399 e. The first kappa shape index (κ1) is 20.7. The summed E-state index contributed by atoms with van der Waals surface area (Å²) in [6, 6.07) is 3.84. The number of thiophene rings is 1. The first-order valence-electron chi connectivity index (χ1n) is 7.72. The molecular weight excluding hydrogens is 310 g/mol. The highest BCUT2D eigenvalue weighted by atomic mass is 32.1. The van der Waals surface area contributed by atoms with Gasteiger partial charge in [0.05, 0.1) is 22.4 Å². The third-order valence-electron chi connectivity index (χ3n) is 4.63. The molecule has 1 aromatic rings. The molecule has 0 aliphatic carbocycles. The van der Waals surface area contributed by atoms with Crippen molar-refractivity contribution in [2.45, 2.75) is 77.8 Å². The fraction of sp³-hybridized carbons (Fsp3) is 0.750. The Hall–Kier alpha value is -0.330. The highest BCUT2D eigenvalue weighted by Crippen LogP contribution is 2.36. The maximum atomic E-state index is 9.10. The highest BCUT2D eigenvalue weighted by Gasteiger charge is 2.52. The minimum atomic E-state index is -1.01. The summed E-state index contributed by atoms with van der Waals surface area (Å²) in [7, 11) is 5.41. The SMILES string of the molecule is CC(C)(O)C(C)(C)O.[B]c1ccc(B2OC(C)(C)C(C)(C)O2)s1. The smallest absolute Gasteiger partial charge is 0.399 e. The van der Waals surface area contributed by atoms with Gasteiger partial charge in [0.1, 0.15) is 7.85 Å². The van der Waals surface area contributed by atoms with E-state index in [9.17, 15) is 0 Å². The van der Waals surface area contributed by atoms with Crippen LogP contribution in [0.25, 0.3) is 0 Å². The van der Waals surface area contributed by atoms with E-state index >= 15 is 0 Å². The van der Waals surface area contributed by atoms with Crippen molar-refractivity contribution in [1.29, 1.82) is 0 Å². The van der Waals surface area contributed by atoms with E-state index < -0.39 is 11.2 Å². The average Bonchev–Trinajstić information content (AvgIpc) is 2.80. The van der Waals surface area contributed by atoms with Crippen LogP contribution in [0.1, 0.15) is 55.4 Å². The van der Waals surface area contributed by atoms with Crippen molar-refractivity contribution in [3.8, 4) is 0 Å². The molecule has 1 saturated heterocycles. The molecule has 1 aliphatic heterocycles. The molecule has 23 heavy (non-hydrogen) atoms. The summed E-state index contributed by atoms with van der Waals surface area (Å²) < 4.78 is 13.6. The Labute approximate surface area is 145 Å². The zero-order valence-electron chi connectivity index (χ0n) is 15.4. The third kappa shape index (κ3) is 5.07. The Kier molecular flexibility index (Phi) is 5.88. The van der Waals surface area contributed by atoms with E-state index in [1.54, 1.807) is 27.7 Å². The number of aliphatic hydroxyl groups is 2. The molecule has 1 aliphatic rings. The van der Waals surface area contributed by atoms with Crippen molar-refractivity contribution in [2.75, 3.05) is 0 Å². The monoisotopic (exact) mass is 338 g/mol. The highest BCUT2D eigenvalue weighted by molar-refractivity contribution is 7.28. The molecule has 2 N–H and O–H groups in total. The second kappa shape index (κ2) is 6.52. The molecule has 0 spiro atoms.